The van der Waals surface area contributed by atoms with Crippen molar-refractivity contribution in [2.45, 2.75) is 45.2 Å². The van der Waals surface area contributed by atoms with E-state index in [-0.39, 0.29) is 11.9 Å². The number of hydrogen-bond donors (Lipinski definition) is 1. The van der Waals surface area contributed by atoms with Gasteiger partial charge in [-0.15, -0.1) is 0 Å². The molecular formula is C25H32N2O2. The number of carbonyl (C=O) groups excluding carboxylic acids is 1. The molecule has 1 fully saturated rings. The summed E-state index contributed by atoms with van der Waals surface area (Å²) in [6.07, 6.45) is 3.84. The van der Waals surface area contributed by atoms with Gasteiger partial charge >= 0.3 is 0 Å². The van der Waals surface area contributed by atoms with Crippen LogP contribution in [-0.4, -0.2) is 31.0 Å². The largest absolute Gasteiger partial charge is 0.497 e. The molecule has 2 heterocycles. The average molecular weight is 393 g/mol. The molecule has 4 rings (SSSR count). The van der Waals surface area contributed by atoms with Crippen LogP contribution in [-0.2, 0) is 17.8 Å². The maximum atomic E-state index is 13.5. The highest BCUT2D eigenvalue weighted by Gasteiger charge is 2.32. The molecule has 4 heteroatoms. The van der Waals surface area contributed by atoms with Gasteiger partial charge in [-0.3, -0.25) is 4.79 Å². The second kappa shape index (κ2) is 9.00. The van der Waals surface area contributed by atoms with Gasteiger partial charge in [-0.25, -0.2) is 0 Å². The third-order valence-electron chi connectivity index (χ3n) is 6.73. The van der Waals surface area contributed by atoms with Crippen molar-refractivity contribution in [2.75, 3.05) is 20.2 Å². The quantitative estimate of drug-likeness (QED) is 0.823. The first kappa shape index (κ1) is 20.0. The number of amides is 1. The molecule has 2 unspecified atom stereocenters. The van der Waals surface area contributed by atoms with Gasteiger partial charge in [0.05, 0.1) is 13.2 Å². The van der Waals surface area contributed by atoms with Crippen molar-refractivity contribution >= 4 is 5.91 Å². The van der Waals surface area contributed by atoms with Crippen molar-refractivity contribution in [1.82, 2.24) is 10.2 Å². The van der Waals surface area contributed by atoms with Crippen LogP contribution in [0.25, 0.3) is 0 Å². The number of rotatable bonds is 5. The van der Waals surface area contributed by atoms with Gasteiger partial charge < -0.3 is 15.0 Å². The number of nitrogens with one attached hydrogen (secondary N) is 1. The number of hydrogen-bond acceptors (Lipinski definition) is 3. The molecule has 0 saturated carbocycles. The fraction of sp³-hybridized carbons (Fsp3) is 0.480. The highest BCUT2D eigenvalue weighted by Crippen LogP contribution is 2.36. The van der Waals surface area contributed by atoms with Crippen molar-refractivity contribution in [3.8, 4) is 5.75 Å². The zero-order chi connectivity index (χ0) is 20.2. The lowest BCUT2D eigenvalue weighted by Crippen LogP contribution is -2.40. The first-order chi connectivity index (χ1) is 14.2. The van der Waals surface area contributed by atoms with Crippen LogP contribution in [0.2, 0.25) is 0 Å². The molecule has 2 atom stereocenters. The van der Waals surface area contributed by atoms with Gasteiger partial charge in [0.2, 0.25) is 5.91 Å². The Balaban J connectivity index is 1.57. The number of ether oxygens (including phenoxy) is 1. The molecule has 0 aliphatic carbocycles. The highest BCUT2D eigenvalue weighted by atomic mass is 16.5. The second-order valence-electron chi connectivity index (χ2n) is 8.56. The highest BCUT2D eigenvalue weighted by molar-refractivity contribution is 5.77. The maximum absolute atomic E-state index is 13.5. The predicted octanol–water partition coefficient (Wildman–Crippen LogP) is 4.35. The minimum atomic E-state index is 0.102. The number of piperidine rings is 1. The normalized spacial score (nSPS) is 20.8. The van der Waals surface area contributed by atoms with Gasteiger partial charge in [0.1, 0.15) is 5.75 Å². The zero-order valence-corrected chi connectivity index (χ0v) is 17.6. The fourth-order valence-corrected chi connectivity index (χ4v) is 4.90. The minimum absolute atomic E-state index is 0.102. The summed E-state index contributed by atoms with van der Waals surface area (Å²) in [5.74, 6) is 2.20. The van der Waals surface area contributed by atoms with E-state index < -0.39 is 0 Å². The van der Waals surface area contributed by atoms with E-state index >= 15 is 0 Å². The number of nitrogens with zero attached hydrogens (tertiary/aromatic N) is 1. The fourth-order valence-electron chi connectivity index (χ4n) is 4.90. The number of carbonyl (C=O) groups is 1. The van der Waals surface area contributed by atoms with Gasteiger partial charge in [-0.2, -0.15) is 0 Å². The summed E-state index contributed by atoms with van der Waals surface area (Å²) in [5.41, 5.74) is 3.74. The molecule has 2 aromatic rings. The molecule has 2 aliphatic heterocycles. The van der Waals surface area contributed by atoms with Crippen LogP contribution < -0.4 is 10.1 Å². The van der Waals surface area contributed by atoms with Crippen molar-refractivity contribution in [1.29, 1.82) is 0 Å². The summed E-state index contributed by atoms with van der Waals surface area (Å²) in [4.78, 5) is 15.6. The first-order valence-corrected chi connectivity index (χ1v) is 10.9. The van der Waals surface area contributed by atoms with Crippen LogP contribution in [0.4, 0.5) is 0 Å². The van der Waals surface area contributed by atoms with E-state index in [1.807, 2.05) is 12.1 Å². The zero-order valence-electron chi connectivity index (χ0n) is 17.6. The van der Waals surface area contributed by atoms with E-state index in [2.05, 4.69) is 53.5 Å². The second-order valence-corrected chi connectivity index (χ2v) is 8.56. The van der Waals surface area contributed by atoms with E-state index in [1.54, 1.807) is 7.11 Å². The van der Waals surface area contributed by atoms with E-state index in [9.17, 15) is 4.79 Å². The van der Waals surface area contributed by atoms with Crippen LogP contribution in [0.5, 0.6) is 5.75 Å². The van der Waals surface area contributed by atoms with E-state index in [0.717, 1.165) is 25.3 Å². The molecule has 0 aromatic heterocycles. The Labute approximate surface area is 174 Å². The van der Waals surface area contributed by atoms with Gasteiger partial charge in [0.25, 0.3) is 0 Å². The molecule has 1 amide bonds. The summed E-state index contributed by atoms with van der Waals surface area (Å²) in [7, 11) is 1.70. The molecule has 2 aliphatic rings. The summed E-state index contributed by atoms with van der Waals surface area (Å²) in [6, 6.07) is 16.8. The summed E-state index contributed by atoms with van der Waals surface area (Å²) >= 11 is 0. The predicted molar refractivity (Wildman–Crippen MR) is 116 cm³/mol. The molecule has 1 N–H and O–H groups in total. The molecule has 4 nitrogen and oxygen atoms in total. The van der Waals surface area contributed by atoms with E-state index in [1.165, 1.54) is 29.5 Å². The van der Waals surface area contributed by atoms with Crippen LogP contribution >= 0.6 is 0 Å². The molecule has 29 heavy (non-hydrogen) atoms. The Morgan fingerprint density at radius 3 is 2.62 bits per heavy atom. The number of fused-ring (bicyclic) bond motifs is 1. The Morgan fingerprint density at radius 2 is 1.90 bits per heavy atom. The van der Waals surface area contributed by atoms with Crippen LogP contribution in [0.3, 0.4) is 0 Å². The lowest BCUT2D eigenvalue weighted by molar-refractivity contribution is -0.136. The van der Waals surface area contributed by atoms with Gasteiger partial charge in [0, 0.05) is 13.0 Å². The van der Waals surface area contributed by atoms with Crippen molar-refractivity contribution < 1.29 is 9.53 Å². The summed E-state index contributed by atoms with van der Waals surface area (Å²) < 4.78 is 5.42. The molecule has 1 saturated heterocycles. The molecule has 0 radical (unpaired) electrons. The Hall–Kier alpha value is -2.33. The smallest absolute Gasteiger partial charge is 0.223 e. The molecule has 154 valence electrons. The van der Waals surface area contributed by atoms with Crippen molar-refractivity contribution in [2.24, 2.45) is 11.8 Å². The van der Waals surface area contributed by atoms with Gasteiger partial charge in [-0.1, -0.05) is 43.3 Å². The van der Waals surface area contributed by atoms with Crippen LogP contribution in [0.15, 0.2) is 48.5 Å². The molecule has 2 aromatic carbocycles. The monoisotopic (exact) mass is 392 g/mol. The SMILES string of the molecule is COc1ccc2c(c1)CN(C(=O)CC(C)C1CCNCC1)C(c1ccccc1)C2. The van der Waals surface area contributed by atoms with Crippen LogP contribution in [0.1, 0.15) is 48.9 Å². The minimum Gasteiger partial charge on any atom is -0.497 e. The van der Waals surface area contributed by atoms with E-state index in [0.29, 0.717) is 24.8 Å². The molecule has 0 bridgehead atoms. The maximum Gasteiger partial charge on any atom is 0.223 e. The average Bonchev–Trinajstić information content (AvgIpc) is 2.78. The molecular weight excluding hydrogens is 360 g/mol. The van der Waals surface area contributed by atoms with E-state index in [4.69, 9.17) is 4.74 Å². The lowest BCUT2D eigenvalue weighted by atomic mass is 9.83. The molecule has 0 spiro atoms. The van der Waals surface area contributed by atoms with Gasteiger partial charge in [-0.05, 0) is 73.0 Å². The summed E-state index contributed by atoms with van der Waals surface area (Å²) in [5, 5.41) is 3.43. The standard InChI is InChI=1S/C25H32N2O2/c1-18(19-10-12-26-13-11-19)14-25(28)27-17-22-15-23(29-2)9-8-21(22)16-24(27)20-6-4-3-5-7-20/h3-9,15,18-19,24,26H,10-14,16-17H2,1-2H3. The van der Waals surface area contributed by atoms with Crippen LogP contribution in [0, 0.1) is 11.8 Å². The lowest BCUT2D eigenvalue weighted by Gasteiger charge is -2.39. The Kier molecular flexibility index (Phi) is 6.19. The topological polar surface area (TPSA) is 41.6 Å². The Morgan fingerprint density at radius 1 is 1.14 bits per heavy atom. The number of methoxy groups -OCH3 is 1. The third kappa shape index (κ3) is 4.48. The van der Waals surface area contributed by atoms with Crippen molar-refractivity contribution in [3.05, 3.63) is 65.2 Å². The number of benzene rings is 2. The Bertz CT molecular complexity index is 830. The van der Waals surface area contributed by atoms with Crippen molar-refractivity contribution in [3.63, 3.8) is 0 Å². The van der Waals surface area contributed by atoms with Gasteiger partial charge in [0.15, 0.2) is 0 Å². The third-order valence-corrected chi connectivity index (χ3v) is 6.73. The summed E-state index contributed by atoms with van der Waals surface area (Å²) in [6.45, 7) is 5.07. The first-order valence-electron chi connectivity index (χ1n) is 10.9.